The van der Waals surface area contributed by atoms with Gasteiger partial charge in [0.15, 0.2) is 0 Å². The highest BCUT2D eigenvalue weighted by molar-refractivity contribution is 7.92. The first-order valence-corrected chi connectivity index (χ1v) is 16.7. The van der Waals surface area contributed by atoms with Crippen molar-refractivity contribution < 1.29 is 18.0 Å². The SMILES string of the molecule is CC[C@@H](C)NC(=O)[C@H](Cc1ccccc1)N(Cc1ccc(Cl)cc1Cl)C(=O)CCCN(c1cccc(Cl)c1)S(C)(=O)=O. The lowest BCUT2D eigenvalue weighted by molar-refractivity contribution is -0.141. The minimum atomic E-state index is -3.64. The lowest BCUT2D eigenvalue weighted by Gasteiger charge is -2.33. The van der Waals surface area contributed by atoms with E-state index >= 15 is 0 Å². The third kappa shape index (κ3) is 9.90. The number of anilines is 1. The van der Waals surface area contributed by atoms with Gasteiger partial charge in [-0.05, 0) is 61.2 Å². The minimum Gasteiger partial charge on any atom is -0.352 e. The van der Waals surface area contributed by atoms with Gasteiger partial charge in [0.25, 0.3) is 0 Å². The molecule has 0 unspecified atom stereocenters. The van der Waals surface area contributed by atoms with Crippen LogP contribution in [-0.4, -0.2) is 50.0 Å². The summed E-state index contributed by atoms with van der Waals surface area (Å²) >= 11 is 18.7. The summed E-state index contributed by atoms with van der Waals surface area (Å²) in [5.41, 5.74) is 1.95. The van der Waals surface area contributed by atoms with E-state index in [9.17, 15) is 18.0 Å². The summed E-state index contributed by atoms with van der Waals surface area (Å²) in [4.78, 5) is 29.1. The van der Waals surface area contributed by atoms with E-state index < -0.39 is 16.1 Å². The molecule has 0 aliphatic rings. The molecule has 226 valence electrons. The van der Waals surface area contributed by atoms with Gasteiger partial charge in [-0.3, -0.25) is 13.9 Å². The van der Waals surface area contributed by atoms with Crippen LogP contribution in [-0.2, 0) is 32.6 Å². The Morgan fingerprint density at radius 3 is 2.24 bits per heavy atom. The number of rotatable bonds is 14. The summed E-state index contributed by atoms with van der Waals surface area (Å²) in [6.07, 6.45) is 2.34. The van der Waals surface area contributed by atoms with Crippen molar-refractivity contribution in [2.45, 2.75) is 58.2 Å². The van der Waals surface area contributed by atoms with E-state index in [0.29, 0.717) is 26.3 Å². The molecule has 0 saturated carbocycles. The number of carbonyl (C=O) groups excluding carboxylic acids is 2. The molecule has 2 amide bonds. The maximum Gasteiger partial charge on any atom is 0.243 e. The lowest BCUT2D eigenvalue weighted by Crippen LogP contribution is -2.52. The second kappa shape index (κ2) is 15.6. The van der Waals surface area contributed by atoms with Crippen LogP contribution in [0.25, 0.3) is 0 Å². The topological polar surface area (TPSA) is 86.8 Å². The predicted octanol–water partition coefficient (Wildman–Crippen LogP) is 6.75. The summed E-state index contributed by atoms with van der Waals surface area (Å²) in [5.74, 6) is -0.580. The molecule has 11 heteroatoms. The lowest BCUT2D eigenvalue weighted by atomic mass is 10.0. The van der Waals surface area contributed by atoms with Gasteiger partial charge in [-0.25, -0.2) is 8.42 Å². The number of sulfonamides is 1. The Kier molecular flexibility index (Phi) is 12.5. The van der Waals surface area contributed by atoms with Gasteiger partial charge in [-0.2, -0.15) is 0 Å². The molecule has 0 saturated heterocycles. The first-order chi connectivity index (χ1) is 19.9. The summed E-state index contributed by atoms with van der Waals surface area (Å²) < 4.78 is 26.4. The molecule has 1 N–H and O–H groups in total. The van der Waals surface area contributed by atoms with E-state index in [1.54, 1.807) is 42.5 Å². The Balaban J connectivity index is 1.92. The third-order valence-corrected chi connectivity index (χ3v) is 8.89. The van der Waals surface area contributed by atoms with Crippen LogP contribution in [0, 0.1) is 0 Å². The zero-order valence-electron chi connectivity index (χ0n) is 23.9. The molecule has 0 bridgehead atoms. The van der Waals surface area contributed by atoms with Gasteiger partial charge in [0.2, 0.25) is 21.8 Å². The van der Waals surface area contributed by atoms with E-state index in [0.717, 1.165) is 18.2 Å². The second-order valence-corrected chi connectivity index (χ2v) is 13.4. The Morgan fingerprint density at radius 2 is 1.62 bits per heavy atom. The molecule has 3 rings (SSSR count). The predicted molar refractivity (Wildman–Crippen MR) is 172 cm³/mol. The molecule has 2 atom stereocenters. The average molecular weight is 653 g/mol. The summed E-state index contributed by atoms with van der Waals surface area (Å²) in [6, 6.07) is 20.1. The van der Waals surface area contributed by atoms with Crippen molar-refractivity contribution in [1.82, 2.24) is 10.2 Å². The largest absolute Gasteiger partial charge is 0.352 e. The summed E-state index contributed by atoms with van der Waals surface area (Å²) in [6.45, 7) is 4.02. The van der Waals surface area contributed by atoms with Gasteiger partial charge in [0, 0.05) is 47.0 Å². The van der Waals surface area contributed by atoms with Gasteiger partial charge in [0.05, 0.1) is 11.9 Å². The van der Waals surface area contributed by atoms with Crippen LogP contribution in [0.5, 0.6) is 0 Å². The number of amides is 2. The summed E-state index contributed by atoms with van der Waals surface area (Å²) in [7, 11) is -3.64. The van der Waals surface area contributed by atoms with E-state index in [4.69, 9.17) is 34.8 Å². The fourth-order valence-corrected chi connectivity index (χ4v) is 6.07. The monoisotopic (exact) mass is 651 g/mol. The second-order valence-electron chi connectivity index (χ2n) is 10.2. The molecule has 0 aliphatic heterocycles. The molecule has 0 aliphatic carbocycles. The molecule has 0 aromatic heterocycles. The van der Waals surface area contributed by atoms with Crippen molar-refractivity contribution in [3.63, 3.8) is 0 Å². The van der Waals surface area contributed by atoms with E-state index in [2.05, 4.69) is 5.32 Å². The Labute approximate surface area is 263 Å². The van der Waals surface area contributed by atoms with Gasteiger partial charge in [-0.15, -0.1) is 0 Å². The van der Waals surface area contributed by atoms with Gasteiger partial charge < -0.3 is 10.2 Å². The normalized spacial score (nSPS) is 12.8. The van der Waals surface area contributed by atoms with E-state index in [-0.39, 0.29) is 50.2 Å². The number of carbonyl (C=O) groups is 2. The highest BCUT2D eigenvalue weighted by Crippen LogP contribution is 2.26. The maximum atomic E-state index is 13.9. The molecule has 0 spiro atoms. The molecule has 3 aromatic carbocycles. The zero-order chi connectivity index (χ0) is 30.9. The number of benzene rings is 3. The standard InChI is InChI=1S/C31H36Cl3N3O4S/c1-4-22(2)35-31(39)29(18-23-10-6-5-7-11-23)36(21-24-15-16-26(33)20-28(24)34)30(38)14-9-17-37(42(3,40)41)27-13-8-12-25(32)19-27/h5-8,10-13,15-16,19-20,22,29H,4,9,14,17-18,21H2,1-3H3,(H,35,39)/t22-,29+/m1/s1. The molecule has 0 heterocycles. The molecule has 0 fully saturated rings. The fourth-order valence-electron chi connectivity index (χ4n) is 4.46. The molecule has 0 radical (unpaired) electrons. The van der Waals surface area contributed by atoms with Crippen molar-refractivity contribution in [3.8, 4) is 0 Å². The Hall–Kier alpha value is -2.78. The minimum absolute atomic E-state index is 0.000302. The van der Waals surface area contributed by atoms with Crippen molar-refractivity contribution in [2.24, 2.45) is 0 Å². The summed E-state index contributed by atoms with van der Waals surface area (Å²) in [5, 5.41) is 4.27. The average Bonchev–Trinajstić information content (AvgIpc) is 2.93. The molecule has 7 nitrogen and oxygen atoms in total. The molecular weight excluding hydrogens is 617 g/mol. The van der Waals surface area contributed by atoms with Crippen molar-refractivity contribution in [3.05, 3.63) is 99.0 Å². The van der Waals surface area contributed by atoms with Crippen LogP contribution >= 0.6 is 34.8 Å². The molecule has 3 aromatic rings. The van der Waals surface area contributed by atoms with Crippen LogP contribution in [0.3, 0.4) is 0 Å². The quantitative estimate of drug-likeness (QED) is 0.209. The highest BCUT2D eigenvalue weighted by Gasteiger charge is 2.31. The van der Waals surface area contributed by atoms with Gasteiger partial charge in [-0.1, -0.05) is 84.2 Å². The van der Waals surface area contributed by atoms with Crippen molar-refractivity contribution in [1.29, 1.82) is 0 Å². The molecular formula is C31H36Cl3N3O4S. The van der Waals surface area contributed by atoms with Crippen LogP contribution in [0.2, 0.25) is 15.1 Å². The van der Waals surface area contributed by atoms with Crippen LogP contribution in [0.1, 0.15) is 44.2 Å². The number of hydrogen-bond donors (Lipinski definition) is 1. The maximum absolute atomic E-state index is 13.9. The van der Waals surface area contributed by atoms with E-state index in [1.165, 1.54) is 9.21 Å². The third-order valence-electron chi connectivity index (χ3n) is 6.88. The Morgan fingerprint density at radius 1 is 0.929 bits per heavy atom. The number of nitrogens with one attached hydrogen (secondary N) is 1. The first kappa shape index (κ1) is 33.7. The fraction of sp³-hybridized carbons (Fsp3) is 0.355. The van der Waals surface area contributed by atoms with Crippen LogP contribution in [0.15, 0.2) is 72.8 Å². The number of nitrogens with zero attached hydrogens (tertiary/aromatic N) is 2. The van der Waals surface area contributed by atoms with Crippen LogP contribution in [0.4, 0.5) is 5.69 Å². The number of hydrogen-bond acceptors (Lipinski definition) is 4. The van der Waals surface area contributed by atoms with E-state index in [1.807, 2.05) is 44.2 Å². The first-order valence-electron chi connectivity index (χ1n) is 13.7. The van der Waals surface area contributed by atoms with Crippen molar-refractivity contribution in [2.75, 3.05) is 17.1 Å². The highest BCUT2D eigenvalue weighted by atomic mass is 35.5. The molecule has 42 heavy (non-hydrogen) atoms. The Bertz CT molecular complexity index is 1470. The smallest absolute Gasteiger partial charge is 0.243 e. The zero-order valence-corrected chi connectivity index (χ0v) is 27.0. The van der Waals surface area contributed by atoms with Crippen molar-refractivity contribution >= 4 is 62.3 Å². The van der Waals surface area contributed by atoms with Crippen LogP contribution < -0.4 is 9.62 Å². The number of halogens is 3. The van der Waals surface area contributed by atoms with Gasteiger partial charge in [0.1, 0.15) is 6.04 Å². The van der Waals surface area contributed by atoms with Gasteiger partial charge >= 0.3 is 0 Å².